The molecule has 1 heterocycles. The molecule has 0 N–H and O–H groups in total. The van der Waals surface area contributed by atoms with Gasteiger partial charge in [-0.1, -0.05) is 19.3 Å². The molecular formula is C14H19F5O4. The van der Waals surface area contributed by atoms with Gasteiger partial charge in [-0.2, -0.15) is 22.0 Å². The van der Waals surface area contributed by atoms with Crippen molar-refractivity contribution in [1.29, 1.82) is 0 Å². The molecule has 4 nitrogen and oxygen atoms in total. The molecule has 0 atom stereocenters. The highest BCUT2D eigenvalue weighted by molar-refractivity contribution is 5.78. The van der Waals surface area contributed by atoms with E-state index in [0.29, 0.717) is 13.2 Å². The number of hydrogen-bond acceptors (Lipinski definition) is 4. The van der Waals surface area contributed by atoms with Crippen molar-refractivity contribution in [3.8, 4) is 0 Å². The number of hydrogen-bond donors (Lipinski definition) is 0. The predicted octanol–water partition coefficient (Wildman–Crippen LogP) is 3.44. The summed E-state index contributed by atoms with van der Waals surface area (Å²) in [6.45, 7) is 0.0350. The minimum Gasteiger partial charge on any atom is -0.461 e. The van der Waals surface area contributed by atoms with Crippen molar-refractivity contribution < 1.29 is 41.0 Å². The predicted molar refractivity (Wildman–Crippen MR) is 67.8 cm³/mol. The molecule has 1 saturated heterocycles. The van der Waals surface area contributed by atoms with E-state index >= 15 is 0 Å². The van der Waals surface area contributed by atoms with Gasteiger partial charge in [0.2, 0.25) is 0 Å². The van der Waals surface area contributed by atoms with Gasteiger partial charge in [-0.25, -0.2) is 4.79 Å². The molecule has 0 spiro atoms. The van der Waals surface area contributed by atoms with E-state index in [4.69, 9.17) is 9.47 Å². The molecule has 2 fully saturated rings. The molecule has 134 valence electrons. The lowest BCUT2D eigenvalue weighted by atomic mass is 9.82. The molecule has 9 heteroatoms. The van der Waals surface area contributed by atoms with Crippen molar-refractivity contribution in [2.24, 2.45) is 5.92 Å². The fourth-order valence-electron chi connectivity index (χ4n) is 3.09. The second-order valence-corrected chi connectivity index (χ2v) is 5.80. The van der Waals surface area contributed by atoms with Crippen LogP contribution in [0.3, 0.4) is 0 Å². The molecule has 2 aliphatic rings. The minimum atomic E-state index is -5.97. The van der Waals surface area contributed by atoms with Crippen LogP contribution in [0.4, 0.5) is 22.0 Å². The van der Waals surface area contributed by atoms with Gasteiger partial charge in [-0.3, -0.25) is 0 Å². The van der Waals surface area contributed by atoms with Crippen LogP contribution in [0, 0.1) is 5.92 Å². The van der Waals surface area contributed by atoms with Gasteiger partial charge in [0.15, 0.2) is 5.79 Å². The summed E-state index contributed by atoms with van der Waals surface area (Å²) in [5.41, 5.74) is 0. The van der Waals surface area contributed by atoms with Crippen molar-refractivity contribution in [3.05, 3.63) is 0 Å². The van der Waals surface area contributed by atoms with Crippen LogP contribution in [0.1, 0.15) is 38.5 Å². The van der Waals surface area contributed by atoms with Crippen LogP contribution >= 0.6 is 0 Å². The summed E-state index contributed by atoms with van der Waals surface area (Å²) in [6, 6.07) is 0. The van der Waals surface area contributed by atoms with Crippen LogP contribution < -0.4 is 0 Å². The smallest absolute Gasteiger partial charge is 0.461 e. The second kappa shape index (κ2) is 6.88. The van der Waals surface area contributed by atoms with Crippen LogP contribution in [0.2, 0.25) is 0 Å². The van der Waals surface area contributed by atoms with E-state index in [9.17, 15) is 26.7 Å². The van der Waals surface area contributed by atoms with Gasteiger partial charge < -0.3 is 14.2 Å². The Labute approximate surface area is 130 Å². The number of halogens is 5. The summed E-state index contributed by atoms with van der Waals surface area (Å²) in [6.07, 6.45) is -1.34. The Bertz CT molecular complexity index is 412. The van der Waals surface area contributed by atoms with Gasteiger partial charge in [-0.05, 0) is 12.8 Å². The Balaban J connectivity index is 1.91. The van der Waals surface area contributed by atoms with Gasteiger partial charge in [0.05, 0.1) is 19.8 Å². The Morgan fingerprint density at radius 2 is 1.61 bits per heavy atom. The van der Waals surface area contributed by atoms with Gasteiger partial charge in [0, 0.05) is 12.3 Å². The van der Waals surface area contributed by atoms with Gasteiger partial charge in [-0.15, -0.1) is 0 Å². The first-order chi connectivity index (χ1) is 10.7. The Morgan fingerprint density at radius 3 is 2.13 bits per heavy atom. The average molecular weight is 346 g/mol. The van der Waals surface area contributed by atoms with Crippen LogP contribution in [-0.2, 0) is 19.0 Å². The third-order valence-corrected chi connectivity index (χ3v) is 4.30. The molecule has 1 aliphatic carbocycles. The molecule has 0 aromatic heterocycles. The lowest BCUT2D eigenvalue weighted by molar-refractivity contribution is -0.281. The third-order valence-electron chi connectivity index (χ3n) is 4.30. The van der Waals surface area contributed by atoms with E-state index in [-0.39, 0.29) is 12.3 Å². The topological polar surface area (TPSA) is 44.8 Å². The number of alkyl halides is 5. The van der Waals surface area contributed by atoms with E-state index in [0.717, 1.165) is 32.1 Å². The largest absolute Gasteiger partial charge is 0.465 e. The van der Waals surface area contributed by atoms with E-state index in [1.807, 2.05) is 0 Å². The monoisotopic (exact) mass is 346 g/mol. The molecule has 0 radical (unpaired) electrons. The lowest BCUT2D eigenvalue weighted by Gasteiger charge is -2.37. The van der Waals surface area contributed by atoms with Crippen LogP contribution in [0.25, 0.3) is 0 Å². The molecule has 0 aromatic rings. The van der Waals surface area contributed by atoms with Crippen molar-refractivity contribution in [2.75, 3.05) is 19.8 Å². The number of ether oxygens (including phenoxy) is 3. The third kappa shape index (κ3) is 3.93. The highest BCUT2D eigenvalue weighted by Gasteiger charge is 2.65. The summed E-state index contributed by atoms with van der Waals surface area (Å²) in [5.74, 6) is -9.13. The number of esters is 1. The Kier molecular flexibility index (Phi) is 5.50. The molecule has 1 aliphatic heterocycles. The van der Waals surface area contributed by atoms with E-state index in [2.05, 4.69) is 4.74 Å². The van der Waals surface area contributed by atoms with Crippen LogP contribution in [-0.4, -0.2) is 43.7 Å². The van der Waals surface area contributed by atoms with Crippen molar-refractivity contribution in [1.82, 2.24) is 0 Å². The van der Waals surface area contributed by atoms with E-state index in [1.165, 1.54) is 0 Å². The second-order valence-electron chi connectivity index (χ2n) is 5.80. The average Bonchev–Trinajstić information content (AvgIpc) is 2.97. The molecule has 0 amide bonds. The molecule has 0 bridgehead atoms. The fourth-order valence-corrected chi connectivity index (χ4v) is 3.09. The van der Waals surface area contributed by atoms with Crippen molar-refractivity contribution in [3.63, 3.8) is 0 Å². The van der Waals surface area contributed by atoms with Crippen LogP contribution in [0.15, 0.2) is 0 Å². The zero-order chi connectivity index (χ0) is 17.1. The Morgan fingerprint density at radius 1 is 1.04 bits per heavy atom. The lowest BCUT2D eigenvalue weighted by Crippen LogP contribution is -2.46. The first-order valence-corrected chi connectivity index (χ1v) is 7.59. The molecule has 1 saturated carbocycles. The maximum absolute atomic E-state index is 12.8. The fraction of sp³-hybridized carbons (Fsp3) is 0.929. The molecule has 0 unspecified atom stereocenters. The standard InChI is InChI=1S/C14H19F5O4/c15-13(16,14(17,18)19)11(20)21-7-6-12(22-8-9-23-12)10-4-2-1-3-5-10/h10H,1-9H2. The normalized spacial score (nSPS) is 23.0. The zero-order valence-corrected chi connectivity index (χ0v) is 12.5. The summed E-state index contributed by atoms with van der Waals surface area (Å²) >= 11 is 0. The summed E-state index contributed by atoms with van der Waals surface area (Å²) in [4.78, 5) is 11.0. The SMILES string of the molecule is O=C(OCCC1(C2CCCCC2)OCCO1)C(F)(F)C(F)(F)F. The van der Waals surface area contributed by atoms with E-state index in [1.54, 1.807) is 0 Å². The number of rotatable bonds is 5. The minimum absolute atomic E-state index is 0.0283. The number of carbonyl (C=O) groups excluding carboxylic acids is 1. The maximum Gasteiger partial charge on any atom is 0.465 e. The molecule has 0 aromatic carbocycles. The zero-order valence-electron chi connectivity index (χ0n) is 12.5. The quantitative estimate of drug-likeness (QED) is 0.565. The first-order valence-electron chi connectivity index (χ1n) is 7.59. The molecular weight excluding hydrogens is 327 g/mol. The van der Waals surface area contributed by atoms with Gasteiger partial charge >= 0.3 is 18.1 Å². The summed E-state index contributed by atoms with van der Waals surface area (Å²) in [7, 11) is 0. The molecule has 2 rings (SSSR count). The summed E-state index contributed by atoms with van der Waals surface area (Å²) in [5, 5.41) is 0. The maximum atomic E-state index is 12.8. The summed E-state index contributed by atoms with van der Waals surface area (Å²) < 4.78 is 77.2. The van der Waals surface area contributed by atoms with Crippen LogP contribution in [0.5, 0.6) is 0 Å². The van der Waals surface area contributed by atoms with Gasteiger partial charge in [0.25, 0.3) is 0 Å². The van der Waals surface area contributed by atoms with Gasteiger partial charge in [0.1, 0.15) is 0 Å². The highest BCUT2D eigenvalue weighted by Crippen LogP contribution is 2.41. The highest BCUT2D eigenvalue weighted by atomic mass is 19.4. The van der Waals surface area contributed by atoms with Crippen molar-refractivity contribution in [2.45, 2.75) is 56.4 Å². The van der Waals surface area contributed by atoms with Crippen molar-refractivity contribution >= 4 is 5.97 Å². The molecule has 23 heavy (non-hydrogen) atoms. The Hall–Kier alpha value is -0.960. The first kappa shape index (κ1) is 18.4. The number of carbonyl (C=O) groups is 1. The van der Waals surface area contributed by atoms with E-state index < -0.39 is 30.5 Å².